The summed E-state index contributed by atoms with van der Waals surface area (Å²) in [7, 11) is 2.03. The monoisotopic (exact) mass is 284 g/mol. The third-order valence-electron chi connectivity index (χ3n) is 4.41. The number of pyridine rings is 1. The zero-order valence-corrected chi connectivity index (χ0v) is 12.7. The van der Waals surface area contributed by atoms with Crippen molar-refractivity contribution in [2.24, 2.45) is 0 Å². The van der Waals surface area contributed by atoms with Crippen molar-refractivity contribution < 1.29 is 4.74 Å². The standard InChI is InChI=1S/C18H24N2O/c1-19-17(10-9-16-7-4-5-11-21-16)15-12-14-6-2-3-8-18(14)20-13-15/h2-3,6,8,12-13,16-17,19H,4-5,7,9-11H2,1H3. The first-order valence-corrected chi connectivity index (χ1v) is 8.00. The van der Waals surface area contributed by atoms with Gasteiger partial charge in [0.05, 0.1) is 11.6 Å². The molecular formula is C18H24N2O. The number of aromatic nitrogens is 1. The van der Waals surface area contributed by atoms with Gasteiger partial charge in [-0.3, -0.25) is 4.98 Å². The maximum atomic E-state index is 5.84. The van der Waals surface area contributed by atoms with Gasteiger partial charge in [-0.1, -0.05) is 18.2 Å². The maximum absolute atomic E-state index is 5.84. The van der Waals surface area contributed by atoms with Crippen LogP contribution in [0, 0.1) is 0 Å². The number of para-hydroxylation sites is 1. The van der Waals surface area contributed by atoms with Gasteiger partial charge < -0.3 is 10.1 Å². The van der Waals surface area contributed by atoms with Crippen molar-refractivity contribution in [2.75, 3.05) is 13.7 Å². The Labute approximate surface area is 126 Å². The molecule has 0 radical (unpaired) electrons. The van der Waals surface area contributed by atoms with Crippen LogP contribution in [0.2, 0.25) is 0 Å². The zero-order valence-electron chi connectivity index (χ0n) is 12.7. The Morgan fingerprint density at radius 1 is 1.33 bits per heavy atom. The van der Waals surface area contributed by atoms with E-state index in [9.17, 15) is 0 Å². The van der Waals surface area contributed by atoms with Crippen LogP contribution in [-0.2, 0) is 4.74 Å². The fraction of sp³-hybridized carbons (Fsp3) is 0.500. The molecule has 1 saturated heterocycles. The molecule has 0 amide bonds. The minimum Gasteiger partial charge on any atom is -0.378 e. The second kappa shape index (κ2) is 7.01. The summed E-state index contributed by atoms with van der Waals surface area (Å²) < 4.78 is 5.84. The smallest absolute Gasteiger partial charge is 0.0702 e. The average Bonchev–Trinajstić information content (AvgIpc) is 2.56. The lowest BCUT2D eigenvalue weighted by atomic mass is 9.97. The lowest BCUT2D eigenvalue weighted by Crippen LogP contribution is -2.23. The molecule has 2 atom stereocenters. The lowest BCUT2D eigenvalue weighted by molar-refractivity contribution is 0.00866. The summed E-state index contributed by atoms with van der Waals surface area (Å²) in [5.74, 6) is 0. The third kappa shape index (κ3) is 3.60. The van der Waals surface area contributed by atoms with Crippen LogP contribution in [0.3, 0.4) is 0 Å². The Kier molecular flexibility index (Phi) is 4.84. The topological polar surface area (TPSA) is 34.1 Å². The van der Waals surface area contributed by atoms with Crippen molar-refractivity contribution in [1.29, 1.82) is 0 Å². The molecule has 0 aliphatic carbocycles. The van der Waals surface area contributed by atoms with Crippen molar-refractivity contribution >= 4 is 10.9 Å². The summed E-state index contributed by atoms with van der Waals surface area (Å²) in [6, 6.07) is 10.9. The molecule has 1 aromatic carbocycles. The molecule has 2 aromatic rings. The van der Waals surface area contributed by atoms with Crippen molar-refractivity contribution in [3.8, 4) is 0 Å². The Balaban J connectivity index is 1.68. The molecule has 1 N–H and O–H groups in total. The highest BCUT2D eigenvalue weighted by Gasteiger charge is 2.17. The fourth-order valence-electron chi connectivity index (χ4n) is 3.14. The van der Waals surface area contributed by atoms with Gasteiger partial charge in [-0.2, -0.15) is 0 Å². The van der Waals surface area contributed by atoms with E-state index in [-0.39, 0.29) is 0 Å². The number of hydrogen-bond donors (Lipinski definition) is 1. The molecule has 3 nitrogen and oxygen atoms in total. The predicted octanol–water partition coefficient (Wildman–Crippen LogP) is 3.84. The first-order chi connectivity index (χ1) is 10.4. The molecule has 2 unspecified atom stereocenters. The third-order valence-corrected chi connectivity index (χ3v) is 4.41. The zero-order chi connectivity index (χ0) is 14.5. The molecule has 3 heteroatoms. The van der Waals surface area contributed by atoms with Crippen molar-refractivity contribution in [3.63, 3.8) is 0 Å². The molecule has 3 rings (SSSR count). The summed E-state index contributed by atoms with van der Waals surface area (Å²) >= 11 is 0. The summed E-state index contributed by atoms with van der Waals surface area (Å²) in [5, 5.41) is 4.64. The predicted molar refractivity (Wildman–Crippen MR) is 86.4 cm³/mol. The number of hydrogen-bond acceptors (Lipinski definition) is 3. The van der Waals surface area contributed by atoms with E-state index in [1.807, 2.05) is 19.3 Å². The quantitative estimate of drug-likeness (QED) is 0.905. The number of benzene rings is 1. The highest BCUT2D eigenvalue weighted by Crippen LogP contribution is 2.25. The first-order valence-electron chi connectivity index (χ1n) is 8.00. The Bertz CT molecular complexity index is 578. The largest absolute Gasteiger partial charge is 0.378 e. The van der Waals surface area contributed by atoms with E-state index in [1.54, 1.807) is 0 Å². The van der Waals surface area contributed by atoms with Crippen LogP contribution < -0.4 is 5.32 Å². The van der Waals surface area contributed by atoms with Gasteiger partial charge in [0, 0.05) is 24.2 Å². The number of nitrogens with one attached hydrogen (secondary N) is 1. The summed E-state index contributed by atoms with van der Waals surface area (Å²) in [6.45, 7) is 0.937. The van der Waals surface area contributed by atoms with E-state index in [0.29, 0.717) is 12.1 Å². The molecule has 0 bridgehead atoms. The number of fused-ring (bicyclic) bond motifs is 1. The van der Waals surface area contributed by atoms with Gasteiger partial charge in [-0.25, -0.2) is 0 Å². The van der Waals surface area contributed by atoms with Crippen LogP contribution in [0.4, 0.5) is 0 Å². The Hall–Kier alpha value is -1.45. The number of nitrogens with zero attached hydrogens (tertiary/aromatic N) is 1. The van der Waals surface area contributed by atoms with Crippen LogP contribution in [0.1, 0.15) is 43.7 Å². The van der Waals surface area contributed by atoms with E-state index in [4.69, 9.17) is 4.74 Å². The number of rotatable bonds is 5. The Morgan fingerprint density at radius 3 is 3.05 bits per heavy atom. The van der Waals surface area contributed by atoms with Gasteiger partial charge in [0.15, 0.2) is 0 Å². The van der Waals surface area contributed by atoms with Gasteiger partial charge in [0.1, 0.15) is 0 Å². The molecular weight excluding hydrogens is 260 g/mol. The van der Waals surface area contributed by atoms with Gasteiger partial charge in [0.25, 0.3) is 0 Å². The van der Waals surface area contributed by atoms with Crippen molar-refractivity contribution in [1.82, 2.24) is 10.3 Å². The van der Waals surface area contributed by atoms with Crippen LogP contribution in [0.15, 0.2) is 36.5 Å². The summed E-state index contributed by atoms with van der Waals surface area (Å²) in [6.07, 6.45) is 8.42. The van der Waals surface area contributed by atoms with Crippen LogP contribution in [0.5, 0.6) is 0 Å². The average molecular weight is 284 g/mol. The van der Waals surface area contributed by atoms with E-state index < -0.39 is 0 Å². The second-order valence-corrected chi connectivity index (χ2v) is 5.87. The molecule has 2 heterocycles. The van der Waals surface area contributed by atoms with E-state index in [0.717, 1.165) is 25.0 Å². The van der Waals surface area contributed by atoms with Gasteiger partial charge in [-0.05, 0) is 56.8 Å². The molecule has 0 spiro atoms. The van der Waals surface area contributed by atoms with Gasteiger partial charge in [-0.15, -0.1) is 0 Å². The first kappa shape index (κ1) is 14.5. The Morgan fingerprint density at radius 2 is 2.24 bits per heavy atom. The van der Waals surface area contributed by atoms with Crippen molar-refractivity contribution in [2.45, 2.75) is 44.2 Å². The van der Waals surface area contributed by atoms with Crippen LogP contribution >= 0.6 is 0 Å². The molecule has 1 aliphatic rings. The minimum atomic E-state index is 0.354. The van der Waals surface area contributed by atoms with Crippen LogP contribution in [-0.4, -0.2) is 24.7 Å². The summed E-state index contributed by atoms with van der Waals surface area (Å²) in [4.78, 5) is 4.57. The fourth-order valence-corrected chi connectivity index (χ4v) is 3.14. The van der Waals surface area contributed by atoms with E-state index in [1.165, 1.54) is 30.2 Å². The molecule has 1 aromatic heterocycles. The lowest BCUT2D eigenvalue weighted by Gasteiger charge is -2.25. The number of ether oxygens (including phenoxy) is 1. The van der Waals surface area contributed by atoms with Crippen LogP contribution in [0.25, 0.3) is 10.9 Å². The highest BCUT2D eigenvalue weighted by molar-refractivity contribution is 5.78. The molecule has 1 fully saturated rings. The highest BCUT2D eigenvalue weighted by atomic mass is 16.5. The van der Waals surface area contributed by atoms with Gasteiger partial charge in [0.2, 0.25) is 0 Å². The van der Waals surface area contributed by atoms with Gasteiger partial charge >= 0.3 is 0 Å². The second-order valence-electron chi connectivity index (χ2n) is 5.87. The molecule has 21 heavy (non-hydrogen) atoms. The van der Waals surface area contributed by atoms with Crippen molar-refractivity contribution in [3.05, 3.63) is 42.1 Å². The maximum Gasteiger partial charge on any atom is 0.0702 e. The molecule has 112 valence electrons. The van der Waals surface area contributed by atoms with E-state index >= 15 is 0 Å². The minimum absolute atomic E-state index is 0.354. The van der Waals surface area contributed by atoms with E-state index in [2.05, 4.69) is 34.6 Å². The SMILES string of the molecule is CNC(CCC1CCCCO1)c1cnc2ccccc2c1. The molecule has 0 saturated carbocycles. The summed E-state index contributed by atoms with van der Waals surface area (Å²) in [5.41, 5.74) is 2.33. The molecule has 1 aliphatic heterocycles. The normalized spacial score (nSPS) is 20.5.